The molecule has 4 rings (SSSR count). The third kappa shape index (κ3) is 4.43. The number of thiazole rings is 1. The summed E-state index contributed by atoms with van der Waals surface area (Å²) in [6.45, 7) is 1.00. The van der Waals surface area contributed by atoms with Gasteiger partial charge in [-0.2, -0.15) is 4.31 Å². The van der Waals surface area contributed by atoms with Crippen molar-refractivity contribution < 1.29 is 17.6 Å². The van der Waals surface area contributed by atoms with Crippen molar-refractivity contribution >= 4 is 32.4 Å². The number of halogens is 1. The number of sulfonamides is 1. The van der Waals surface area contributed by atoms with Crippen molar-refractivity contribution in [3.8, 4) is 11.3 Å². The van der Waals surface area contributed by atoms with E-state index in [1.165, 1.54) is 39.9 Å². The van der Waals surface area contributed by atoms with Crippen molar-refractivity contribution in [3.63, 3.8) is 0 Å². The molecule has 1 fully saturated rings. The van der Waals surface area contributed by atoms with Gasteiger partial charge in [0.25, 0.3) is 5.91 Å². The summed E-state index contributed by atoms with van der Waals surface area (Å²) >= 11 is 1.21. The SMILES string of the molecule is O=C(Nc1nc(-c2cccc(F)c2)cs1)c1cccc(S(=O)(=O)N2CCCCC2)c1. The minimum absolute atomic E-state index is 0.108. The van der Waals surface area contributed by atoms with Gasteiger partial charge in [0.2, 0.25) is 10.0 Å². The van der Waals surface area contributed by atoms with Gasteiger partial charge in [-0.05, 0) is 43.2 Å². The lowest BCUT2D eigenvalue weighted by Gasteiger charge is -2.26. The van der Waals surface area contributed by atoms with E-state index < -0.39 is 15.9 Å². The van der Waals surface area contributed by atoms with E-state index >= 15 is 0 Å². The van der Waals surface area contributed by atoms with Crippen LogP contribution in [-0.4, -0.2) is 36.7 Å². The van der Waals surface area contributed by atoms with Crippen LogP contribution in [0, 0.1) is 5.82 Å². The number of rotatable bonds is 5. The predicted molar refractivity (Wildman–Crippen MR) is 115 cm³/mol. The number of nitrogens with zero attached hydrogens (tertiary/aromatic N) is 2. The fraction of sp³-hybridized carbons (Fsp3) is 0.238. The van der Waals surface area contributed by atoms with E-state index in [1.807, 2.05) is 0 Å². The average molecular weight is 446 g/mol. The van der Waals surface area contributed by atoms with Crippen molar-refractivity contribution in [2.75, 3.05) is 18.4 Å². The second kappa shape index (κ2) is 8.63. The van der Waals surface area contributed by atoms with Gasteiger partial charge in [-0.3, -0.25) is 10.1 Å². The lowest BCUT2D eigenvalue weighted by Crippen LogP contribution is -2.35. The number of carbonyl (C=O) groups excluding carboxylic acids is 1. The highest BCUT2D eigenvalue weighted by atomic mass is 32.2. The number of anilines is 1. The first-order chi connectivity index (χ1) is 14.4. The van der Waals surface area contributed by atoms with Crippen molar-refractivity contribution in [1.82, 2.24) is 9.29 Å². The summed E-state index contributed by atoms with van der Waals surface area (Å²) in [6, 6.07) is 12.1. The predicted octanol–water partition coefficient (Wildman–Crippen LogP) is 4.38. The van der Waals surface area contributed by atoms with Gasteiger partial charge in [0, 0.05) is 29.6 Å². The first kappa shape index (κ1) is 20.6. The molecule has 6 nitrogen and oxygen atoms in total. The van der Waals surface area contributed by atoms with E-state index in [2.05, 4.69) is 10.3 Å². The summed E-state index contributed by atoms with van der Waals surface area (Å²) in [4.78, 5) is 17.1. The van der Waals surface area contributed by atoms with Gasteiger partial charge in [0.05, 0.1) is 10.6 Å². The fourth-order valence-corrected chi connectivity index (χ4v) is 5.61. The van der Waals surface area contributed by atoms with E-state index in [0.717, 1.165) is 19.3 Å². The molecule has 9 heteroatoms. The molecule has 0 radical (unpaired) electrons. The minimum atomic E-state index is -3.62. The second-order valence-electron chi connectivity index (χ2n) is 6.99. The Morgan fingerprint density at radius 2 is 1.83 bits per heavy atom. The lowest BCUT2D eigenvalue weighted by molar-refractivity contribution is 0.102. The van der Waals surface area contributed by atoms with Gasteiger partial charge in [-0.15, -0.1) is 11.3 Å². The Balaban J connectivity index is 1.51. The van der Waals surface area contributed by atoms with E-state index in [4.69, 9.17) is 0 Å². The maximum Gasteiger partial charge on any atom is 0.257 e. The van der Waals surface area contributed by atoms with Crippen LogP contribution in [-0.2, 0) is 10.0 Å². The summed E-state index contributed by atoms with van der Waals surface area (Å²) in [5.74, 6) is -0.816. The summed E-state index contributed by atoms with van der Waals surface area (Å²) in [5.41, 5.74) is 1.40. The van der Waals surface area contributed by atoms with E-state index in [1.54, 1.807) is 29.6 Å². The Bertz CT molecular complexity index is 1170. The Morgan fingerprint density at radius 1 is 1.07 bits per heavy atom. The molecule has 2 aromatic carbocycles. The second-order valence-corrected chi connectivity index (χ2v) is 9.79. The van der Waals surface area contributed by atoms with Crippen LogP contribution < -0.4 is 5.32 Å². The molecule has 30 heavy (non-hydrogen) atoms. The van der Waals surface area contributed by atoms with E-state index in [-0.39, 0.29) is 16.3 Å². The number of carbonyl (C=O) groups is 1. The van der Waals surface area contributed by atoms with Crippen LogP contribution in [0.15, 0.2) is 58.8 Å². The van der Waals surface area contributed by atoms with Crippen LogP contribution in [0.4, 0.5) is 9.52 Å². The highest BCUT2D eigenvalue weighted by Gasteiger charge is 2.26. The number of aromatic nitrogens is 1. The maximum absolute atomic E-state index is 13.4. The molecule has 1 aliphatic heterocycles. The van der Waals surface area contributed by atoms with Crippen LogP contribution in [0.3, 0.4) is 0 Å². The summed E-state index contributed by atoms with van der Waals surface area (Å²) < 4.78 is 40.6. The van der Waals surface area contributed by atoms with E-state index in [0.29, 0.717) is 29.5 Å². The number of piperidine rings is 1. The van der Waals surface area contributed by atoms with Crippen molar-refractivity contribution in [2.24, 2.45) is 0 Å². The number of hydrogen-bond acceptors (Lipinski definition) is 5. The molecule has 0 aliphatic carbocycles. The summed E-state index contributed by atoms with van der Waals surface area (Å²) in [7, 11) is -3.62. The standard InChI is InChI=1S/C21H20FN3O3S2/c22-17-8-4-6-15(12-17)19-14-29-21(23-19)24-20(26)16-7-5-9-18(13-16)30(27,28)25-10-2-1-3-11-25/h4-9,12-14H,1-3,10-11H2,(H,23,24,26). The normalized spacial score (nSPS) is 15.1. The first-order valence-corrected chi connectivity index (χ1v) is 11.9. The van der Waals surface area contributed by atoms with Crippen molar-refractivity contribution in [2.45, 2.75) is 24.2 Å². The molecule has 1 saturated heterocycles. The van der Waals surface area contributed by atoms with Crippen LogP contribution in [0.25, 0.3) is 11.3 Å². The van der Waals surface area contributed by atoms with Gasteiger partial charge in [0.1, 0.15) is 5.82 Å². The first-order valence-electron chi connectivity index (χ1n) is 9.56. The van der Waals surface area contributed by atoms with Gasteiger partial charge in [-0.1, -0.05) is 24.6 Å². The summed E-state index contributed by atoms with van der Waals surface area (Å²) in [5, 5.41) is 4.76. The molecule has 0 unspecified atom stereocenters. The molecular weight excluding hydrogens is 425 g/mol. The smallest absolute Gasteiger partial charge is 0.257 e. The van der Waals surface area contributed by atoms with Gasteiger partial charge in [0.15, 0.2) is 5.13 Å². The highest BCUT2D eigenvalue weighted by molar-refractivity contribution is 7.89. The average Bonchev–Trinajstić information content (AvgIpc) is 3.23. The Morgan fingerprint density at radius 3 is 2.60 bits per heavy atom. The Labute approximate surface area is 178 Å². The molecule has 1 amide bonds. The van der Waals surface area contributed by atoms with Gasteiger partial charge < -0.3 is 0 Å². The van der Waals surface area contributed by atoms with Crippen LogP contribution in [0.2, 0.25) is 0 Å². The Hall–Kier alpha value is -2.62. The molecule has 2 heterocycles. The zero-order valence-electron chi connectivity index (χ0n) is 16.0. The third-order valence-electron chi connectivity index (χ3n) is 4.89. The molecule has 3 aromatic rings. The van der Waals surface area contributed by atoms with Gasteiger partial charge in [-0.25, -0.2) is 17.8 Å². The van der Waals surface area contributed by atoms with Crippen molar-refractivity contribution in [3.05, 3.63) is 65.3 Å². The molecule has 0 spiro atoms. The molecule has 0 saturated carbocycles. The molecular formula is C21H20FN3O3S2. The zero-order chi connectivity index (χ0) is 21.1. The summed E-state index contributed by atoms with van der Waals surface area (Å²) in [6.07, 6.45) is 2.72. The topological polar surface area (TPSA) is 79.4 Å². The Kier molecular flexibility index (Phi) is 5.94. The molecule has 0 bridgehead atoms. The van der Waals surface area contributed by atoms with Crippen LogP contribution in [0.1, 0.15) is 29.6 Å². The molecule has 0 atom stereocenters. The maximum atomic E-state index is 13.4. The monoisotopic (exact) mass is 445 g/mol. The highest BCUT2D eigenvalue weighted by Crippen LogP contribution is 2.26. The number of nitrogens with one attached hydrogen (secondary N) is 1. The van der Waals surface area contributed by atoms with E-state index in [9.17, 15) is 17.6 Å². The molecule has 1 N–H and O–H groups in total. The van der Waals surface area contributed by atoms with Crippen molar-refractivity contribution in [1.29, 1.82) is 0 Å². The third-order valence-corrected chi connectivity index (χ3v) is 7.55. The number of benzene rings is 2. The number of amides is 1. The minimum Gasteiger partial charge on any atom is -0.298 e. The lowest BCUT2D eigenvalue weighted by atomic mass is 10.2. The van der Waals surface area contributed by atoms with Crippen LogP contribution in [0.5, 0.6) is 0 Å². The zero-order valence-corrected chi connectivity index (χ0v) is 17.7. The number of hydrogen-bond donors (Lipinski definition) is 1. The quantitative estimate of drug-likeness (QED) is 0.632. The molecule has 1 aliphatic rings. The van der Waals surface area contributed by atoms with Crippen LogP contribution >= 0.6 is 11.3 Å². The van der Waals surface area contributed by atoms with Gasteiger partial charge >= 0.3 is 0 Å². The molecule has 156 valence electrons. The fourth-order valence-electron chi connectivity index (χ4n) is 3.33. The molecule has 1 aromatic heterocycles. The largest absolute Gasteiger partial charge is 0.298 e.